The Bertz CT molecular complexity index is 664. The summed E-state index contributed by atoms with van der Waals surface area (Å²) in [5, 5.41) is 6.82. The molecule has 0 unspecified atom stereocenters. The van der Waals surface area contributed by atoms with E-state index in [4.69, 9.17) is 0 Å². The highest BCUT2D eigenvalue weighted by molar-refractivity contribution is 5.85. The van der Waals surface area contributed by atoms with Crippen molar-refractivity contribution in [2.75, 3.05) is 27.2 Å². The molecule has 0 radical (unpaired) electrons. The molecule has 26 heavy (non-hydrogen) atoms. The molecule has 0 spiro atoms. The van der Waals surface area contributed by atoms with E-state index in [0.717, 1.165) is 31.2 Å². The van der Waals surface area contributed by atoms with E-state index in [-0.39, 0.29) is 23.7 Å². The molecule has 1 aromatic rings. The highest BCUT2D eigenvalue weighted by atomic mass is 19.1. The van der Waals surface area contributed by atoms with E-state index in [1.54, 1.807) is 25.1 Å². The molecule has 2 aliphatic rings. The summed E-state index contributed by atoms with van der Waals surface area (Å²) in [5.74, 6) is 0.485. The van der Waals surface area contributed by atoms with Gasteiger partial charge in [-0.25, -0.2) is 9.38 Å². The van der Waals surface area contributed by atoms with Crippen molar-refractivity contribution in [1.29, 1.82) is 0 Å². The fourth-order valence-electron chi connectivity index (χ4n) is 3.54. The van der Waals surface area contributed by atoms with Crippen molar-refractivity contribution in [2.45, 2.75) is 50.0 Å². The van der Waals surface area contributed by atoms with Crippen LogP contribution in [0.5, 0.6) is 0 Å². The van der Waals surface area contributed by atoms with Crippen LogP contribution in [-0.2, 0) is 10.2 Å². The number of rotatable bonds is 6. The molecule has 0 aliphatic heterocycles. The molecule has 0 saturated heterocycles. The highest BCUT2D eigenvalue weighted by Gasteiger charge is 2.45. The Kier molecular flexibility index (Phi) is 5.79. The van der Waals surface area contributed by atoms with E-state index >= 15 is 0 Å². The maximum Gasteiger partial charge on any atom is 0.243 e. The molecule has 1 aromatic carbocycles. The second-order valence-electron chi connectivity index (χ2n) is 7.69. The van der Waals surface area contributed by atoms with Crippen molar-refractivity contribution in [3.8, 4) is 0 Å². The first-order valence-corrected chi connectivity index (χ1v) is 9.50. The van der Waals surface area contributed by atoms with Gasteiger partial charge in [-0.3, -0.25) is 4.79 Å². The zero-order valence-electron chi connectivity index (χ0n) is 15.7. The van der Waals surface area contributed by atoms with Crippen LogP contribution in [0.2, 0.25) is 0 Å². The number of halogens is 1. The zero-order valence-corrected chi connectivity index (χ0v) is 15.7. The first-order chi connectivity index (χ1) is 12.5. The Morgan fingerprint density at radius 3 is 2.58 bits per heavy atom. The molecular formula is C20H29FN4O. The van der Waals surface area contributed by atoms with Crippen molar-refractivity contribution in [3.63, 3.8) is 0 Å². The van der Waals surface area contributed by atoms with Gasteiger partial charge in [0.05, 0.1) is 0 Å². The van der Waals surface area contributed by atoms with Gasteiger partial charge in [0.1, 0.15) is 12.4 Å². The predicted molar refractivity (Wildman–Crippen MR) is 102 cm³/mol. The van der Waals surface area contributed by atoms with Crippen LogP contribution in [0.25, 0.3) is 0 Å². The van der Waals surface area contributed by atoms with Gasteiger partial charge in [0.2, 0.25) is 5.91 Å². The largest absolute Gasteiger partial charge is 0.355 e. The molecule has 0 bridgehead atoms. The number of carbonyl (C=O) groups excluding carboxylic acids is 1. The lowest BCUT2D eigenvalue weighted by atomic mass is 9.95. The first-order valence-electron chi connectivity index (χ1n) is 9.50. The Hall–Kier alpha value is -2.11. The van der Waals surface area contributed by atoms with Crippen LogP contribution in [0.4, 0.5) is 4.39 Å². The van der Waals surface area contributed by atoms with Gasteiger partial charge in [0.15, 0.2) is 5.96 Å². The van der Waals surface area contributed by atoms with Gasteiger partial charge in [-0.2, -0.15) is 0 Å². The molecule has 0 heterocycles. The van der Waals surface area contributed by atoms with Crippen LogP contribution in [-0.4, -0.2) is 50.0 Å². The molecule has 2 N–H and O–H groups in total. The molecular weight excluding hydrogens is 331 g/mol. The van der Waals surface area contributed by atoms with Crippen LogP contribution in [0.3, 0.4) is 0 Å². The molecule has 5 nitrogen and oxygen atoms in total. The van der Waals surface area contributed by atoms with Crippen LogP contribution < -0.4 is 10.6 Å². The highest BCUT2D eigenvalue weighted by Crippen LogP contribution is 2.48. The minimum absolute atomic E-state index is 0.0345. The molecule has 3 rings (SSSR count). The number of amides is 1. The number of likely N-dealkylation sites (N-methyl/N-ethyl adjacent to an activating group) is 1. The van der Waals surface area contributed by atoms with Crippen molar-refractivity contribution in [2.24, 2.45) is 4.99 Å². The standard InChI is InChI=1S/C20H29FN4O/c1-25(2)18(26)13-22-19(24-15-7-3-4-8-15)23-14-20(11-12-20)16-9-5-6-10-17(16)21/h5-6,9-10,15H,3-4,7-8,11-14H2,1-2H3,(H2,22,23,24). The van der Waals surface area contributed by atoms with E-state index in [2.05, 4.69) is 15.6 Å². The van der Waals surface area contributed by atoms with Crippen molar-refractivity contribution >= 4 is 11.9 Å². The number of nitrogens with zero attached hydrogens (tertiary/aromatic N) is 2. The van der Waals surface area contributed by atoms with E-state index in [1.807, 2.05) is 12.1 Å². The SMILES string of the molecule is CN(C)C(=O)CN=C(NCC1(c2ccccc2F)CC1)NC1CCCC1. The molecule has 2 aliphatic carbocycles. The van der Waals surface area contributed by atoms with E-state index < -0.39 is 0 Å². The van der Waals surface area contributed by atoms with Crippen molar-refractivity contribution < 1.29 is 9.18 Å². The summed E-state index contributed by atoms with van der Waals surface area (Å²) in [6.45, 7) is 0.740. The minimum Gasteiger partial charge on any atom is -0.355 e. The molecule has 0 atom stereocenters. The molecule has 2 saturated carbocycles. The van der Waals surface area contributed by atoms with Gasteiger partial charge in [-0.15, -0.1) is 0 Å². The van der Waals surface area contributed by atoms with Crippen LogP contribution in [0.1, 0.15) is 44.1 Å². The summed E-state index contributed by atoms with van der Waals surface area (Å²) >= 11 is 0. The maximum absolute atomic E-state index is 14.2. The number of benzene rings is 1. The normalized spacial score (nSPS) is 19.3. The lowest BCUT2D eigenvalue weighted by Gasteiger charge is -2.22. The third-order valence-corrected chi connectivity index (χ3v) is 5.46. The van der Waals surface area contributed by atoms with Gasteiger partial charge >= 0.3 is 0 Å². The number of guanidine groups is 1. The second kappa shape index (κ2) is 8.06. The van der Waals surface area contributed by atoms with Crippen molar-refractivity contribution in [1.82, 2.24) is 15.5 Å². The third kappa shape index (κ3) is 4.54. The summed E-state index contributed by atoms with van der Waals surface area (Å²) in [4.78, 5) is 17.9. The average molecular weight is 360 g/mol. The molecule has 2 fully saturated rings. The summed E-state index contributed by atoms with van der Waals surface area (Å²) in [7, 11) is 3.46. The monoisotopic (exact) mass is 360 g/mol. The summed E-state index contributed by atoms with van der Waals surface area (Å²) in [5.41, 5.74) is 0.617. The van der Waals surface area contributed by atoms with E-state index in [9.17, 15) is 9.18 Å². The number of nitrogens with one attached hydrogen (secondary N) is 2. The fraction of sp³-hybridized carbons (Fsp3) is 0.600. The van der Waals surface area contributed by atoms with Gasteiger partial charge in [-0.05, 0) is 37.3 Å². The number of carbonyl (C=O) groups is 1. The number of aliphatic imine (C=N–C) groups is 1. The Labute approximate surface area is 155 Å². The van der Waals surface area contributed by atoms with Gasteiger partial charge < -0.3 is 15.5 Å². The smallest absolute Gasteiger partial charge is 0.243 e. The first kappa shape index (κ1) is 18.7. The second-order valence-corrected chi connectivity index (χ2v) is 7.69. The minimum atomic E-state index is -0.158. The van der Waals surface area contributed by atoms with Crippen LogP contribution >= 0.6 is 0 Å². The third-order valence-electron chi connectivity index (χ3n) is 5.46. The average Bonchev–Trinajstić information content (AvgIpc) is 3.23. The number of hydrogen-bond acceptors (Lipinski definition) is 2. The Morgan fingerprint density at radius 2 is 1.96 bits per heavy atom. The topological polar surface area (TPSA) is 56.7 Å². The van der Waals surface area contributed by atoms with Crippen LogP contribution in [0.15, 0.2) is 29.3 Å². The number of hydrogen-bond donors (Lipinski definition) is 2. The lowest BCUT2D eigenvalue weighted by Crippen LogP contribution is -2.45. The quantitative estimate of drug-likeness (QED) is 0.605. The molecule has 1 amide bonds. The molecule has 6 heteroatoms. The van der Waals surface area contributed by atoms with Gasteiger partial charge in [0.25, 0.3) is 0 Å². The van der Waals surface area contributed by atoms with Gasteiger partial charge in [-0.1, -0.05) is 31.0 Å². The maximum atomic E-state index is 14.2. The fourth-order valence-corrected chi connectivity index (χ4v) is 3.54. The van der Waals surface area contributed by atoms with Crippen molar-refractivity contribution in [3.05, 3.63) is 35.6 Å². The zero-order chi connectivity index (χ0) is 18.6. The van der Waals surface area contributed by atoms with Crippen LogP contribution in [0, 0.1) is 5.82 Å². The Morgan fingerprint density at radius 1 is 1.27 bits per heavy atom. The van der Waals surface area contributed by atoms with E-state index in [0.29, 0.717) is 18.5 Å². The Balaban J connectivity index is 1.66. The summed E-state index contributed by atoms with van der Waals surface area (Å²) in [6.07, 6.45) is 6.63. The van der Waals surface area contributed by atoms with E-state index in [1.165, 1.54) is 18.9 Å². The lowest BCUT2D eigenvalue weighted by molar-refractivity contribution is -0.127. The molecule has 142 valence electrons. The summed E-state index contributed by atoms with van der Waals surface area (Å²) < 4.78 is 14.2. The predicted octanol–water partition coefficient (Wildman–Crippen LogP) is 2.42. The van der Waals surface area contributed by atoms with Gasteiger partial charge in [0, 0.05) is 32.1 Å². The summed E-state index contributed by atoms with van der Waals surface area (Å²) in [6, 6.07) is 7.42. The molecule has 0 aromatic heterocycles.